The molecule has 0 radical (unpaired) electrons. The van der Waals surface area contributed by atoms with E-state index < -0.39 is 0 Å². The lowest BCUT2D eigenvalue weighted by Gasteiger charge is -2.18. The first-order valence-corrected chi connectivity index (χ1v) is 12.5. The number of nitrogens with one attached hydrogen (secondary N) is 2. The van der Waals surface area contributed by atoms with E-state index in [1.807, 2.05) is 55.5 Å². The maximum atomic E-state index is 12.7. The van der Waals surface area contributed by atoms with Gasteiger partial charge >= 0.3 is 0 Å². The van der Waals surface area contributed by atoms with Gasteiger partial charge in [-0.3, -0.25) is 4.79 Å². The van der Waals surface area contributed by atoms with Crippen LogP contribution in [-0.4, -0.2) is 53.4 Å². The zero-order chi connectivity index (χ0) is 25.2. The van der Waals surface area contributed by atoms with Crippen molar-refractivity contribution in [3.8, 4) is 22.4 Å². The number of amides is 1. The maximum absolute atomic E-state index is 12.7. The lowest BCUT2D eigenvalue weighted by molar-refractivity contribution is 0.0652. The molecule has 186 valence electrons. The number of carbonyl (C=O) groups excluding carboxylic acids is 1. The molecule has 6 rings (SSSR count). The maximum Gasteiger partial charge on any atom is 0.251 e. The smallest absolute Gasteiger partial charge is 0.251 e. The van der Waals surface area contributed by atoms with Gasteiger partial charge in [-0.1, -0.05) is 72.3 Å². The Morgan fingerprint density at radius 3 is 2.19 bits per heavy atom. The van der Waals surface area contributed by atoms with Crippen LogP contribution in [-0.2, 0) is 9.47 Å². The molecule has 1 amide bonds. The summed E-state index contributed by atoms with van der Waals surface area (Å²) < 4.78 is 12.1. The lowest BCUT2D eigenvalue weighted by Crippen LogP contribution is -2.44. The molecule has 4 aromatic rings. The Kier molecular flexibility index (Phi) is 6.39. The highest BCUT2D eigenvalue weighted by Gasteiger charge is 2.48. The van der Waals surface area contributed by atoms with Crippen molar-refractivity contribution in [1.82, 2.24) is 15.3 Å². The predicted octanol–water partition coefficient (Wildman–Crippen LogP) is 4.50. The third-order valence-electron chi connectivity index (χ3n) is 6.94. The highest BCUT2D eigenvalue weighted by atomic mass is 16.6. The summed E-state index contributed by atoms with van der Waals surface area (Å²) in [5.41, 5.74) is 5.94. The monoisotopic (exact) mass is 492 g/mol. The fourth-order valence-corrected chi connectivity index (χ4v) is 4.92. The summed E-state index contributed by atoms with van der Waals surface area (Å²) in [6, 6.07) is 27.8. The van der Waals surface area contributed by atoms with E-state index >= 15 is 0 Å². The molecular formula is C30H28N4O3. The fourth-order valence-electron chi connectivity index (χ4n) is 4.92. The van der Waals surface area contributed by atoms with Gasteiger partial charge in [0.05, 0.1) is 31.0 Å². The molecule has 2 fully saturated rings. The van der Waals surface area contributed by atoms with Crippen molar-refractivity contribution in [2.75, 3.05) is 18.5 Å². The Bertz CT molecular complexity index is 1380. The van der Waals surface area contributed by atoms with E-state index in [1.165, 1.54) is 5.56 Å². The van der Waals surface area contributed by atoms with Crippen LogP contribution in [0, 0.1) is 6.92 Å². The van der Waals surface area contributed by atoms with Gasteiger partial charge in [-0.15, -0.1) is 0 Å². The van der Waals surface area contributed by atoms with Crippen LogP contribution in [0.4, 0.5) is 5.95 Å². The first-order valence-electron chi connectivity index (χ1n) is 12.5. The Hall–Kier alpha value is -4.07. The molecule has 3 heterocycles. The number of fused-ring (bicyclic) bond motifs is 1. The average molecular weight is 493 g/mol. The van der Waals surface area contributed by atoms with Gasteiger partial charge in [0, 0.05) is 17.3 Å². The molecule has 4 unspecified atom stereocenters. The number of aromatic nitrogens is 2. The van der Waals surface area contributed by atoms with Gasteiger partial charge in [-0.2, -0.15) is 0 Å². The zero-order valence-electron chi connectivity index (χ0n) is 20.5. The van der Waals surface area contributed by atoms with Gasteiger partial charge in [0.2, 0.25) is 5.95 Å². The number of hydrogen-bond acceptors (Lipinski definition) is 6. The van der Waals surface area contributed by atoms with Crippen LogP contribution in [0.2, 0.25) is 0 Å². The second kappa shape index (κ2) is 10.1. The van der Waals surface area contributed by atoms with E-state index in [0.29, 0.717) is 24.7 Å². The molecule has 2 aliphatic heterocycles. The second-order valence-corrected chi connectivity index (χ2v) is 9.50. The lowest BCUT2D eigenvalue weighted by atomic mass is 10.0. The quantitative estimate of drug-likeness (QED) is 0.412. The number of anilines is 1. The van der Waals surface area contributed by atoms with E-state index in [2.05, 4.69) is 52.0 Å². The second-order valence-electron chi connectivity index (χ2n) is 9.50. The molecule has 0 saturated carbocycles. The van der Waals surface area contributed by atoms with Crippen molar-refractivity contribution in [1.29, 1.82) is 0 Å². The van der Waals surface area contributed by atoms with Crippen molar-refractivity contribution >= 4 is 11.9 Å². The van der Waals surface area contributed by atoms with E-state index in [1.54, 1.807) is 6.20 Å². The van der Waals surface area contributed by atoms with Gasteiger partial charge in [0.25, 0.3) is 5.91 Å². The first kappa shape index (κ1) is 23.3. The molecule has 2 N–H and O–H groups in total. The summed E-state index contributed by atoms with van der Waals surface area (Å²) in [6.07, 6.45) is 1.34. The van der Waals surface area contributed by atoms with Crippen molar-refractivity contribution in [2.24, 2.45) is 0 Å². The number of benzene rings is 3. The summed E-state index contributed by atoms with van der Waals surface area (Å²) >= 11 is 0. The van der Waals surface area contributed by atoms with Crippen LogP contribution < -0.4 is 10.6 Å². The van der Waals surface area contributed by atoms with E-state index in [4.69, 9.17) is 14.5 Å². The van der Waals surface area contributed by atoms with Gasteiger partial charge < -0.3 is 20.1 Å². The molecule has 0 spiro atoms. The minimum absolute atomic E-state index is 0.109. The molecule has 4 atom stereocenters. The molecule has 7 nitrogen and oxygen atoms in total. The fraction of sp³-hybridized carbons (Fsp3) is 0.233. The van der Waals surface area contributed by atoms with Gasteiger partial charge in [0.15, 0.2) is 0 Å². The summed E-state index contributed by atoms with van der Waals surface area (Å²) in [7, 11) is 0. The van der Waals surface area contributed by atoms with E-state index in [-0.39, 0.29) is 30.2 Å². The standard InChI is InChI=1S/C30H28N4O3/c1-19-7-9-23(10-8-19)29(35)32-25-17-36-28-26(18-37-27(25)28)34-30-31-16-15-24(33-30)22-13-11-21(12-14-22)20-5-3-2-4-6-20/h2-16,25-28H,17-18H2,1H3,(H,32,35)(H,31,33,34). The van der Waals surface area contributed by atoms with Crippen molar-refractivity contribution < 1.29 is 14.3 Å². The van der Waals surface area contributed by atoms with E-state index in [0.717, 1.165) is 22.4 Å². The number of ether oxygens (including phenoxy) is 2. The van der Waals surface area contributed by atoms with Crippen molar-refractivity contribution in [3.63, 3.8) is 0 Å². The van der Waals surface area contributed by atoms with Crippen LogP contribution in [0.1, 0.15) is 15.9 Å². The number of nitrogens with zero attached hydrogens (tertiary/aromatic N) is 2. The third kappa shape index (κ3) is 4.96. The Morgan fingerprint density at radius 2 is 1.43 bits per heavy atom. The Labute approximate surface area is 215 Å². The topological polar surface area (TPSA) is 85.4 Å². The minimum Gasteiger partial charge on any atom is -0.371 e. The number of rotatable bonds is 6. The zero-order valence-corrected chi connectivity index (χ0v) is 20.5. The summed E-state index contributed by atoms with van der Waals surface area (Å²) in [6.45, 7) is 2.85. The molecular weight excluding hydrogens is 464 g/mol. The first-order chi connectivity index (χ1) is 18.1. The number of aryl methyl sites for hydroxylation is 1. The molecule has 37 heavy (non-hydrogen) atoms. The highest BCUT2D eigenvalue weighted by Crippen LogP contribution is 2.29. The molecule has 0 bridgehead atoms. The van der Waals surface area contributed by atoms with Crippen molar-refractivity contribution in [2.45, 2.75) is 31.2 Å². The summed E-state index contributed by atoms with van der Waals surface area (Å²) in [5.74, 6) is 0.401. The molecule has 3 aromatic carbocycles. The summed E-state index contributed by atoms with van der Waals surface area (Å²) in [4.78, 5) is 21.8. The van der Waals surface area contributed by atoms with E-state index in [9.17, 15) is 4.79 Å². The highest BCUT2D eigenvalue weighted by molar-refractivity contribution is 5.94. The van der Waals surface area contributed by atoms with Crippen LogP contribution in [0.25, 0.3) is 22.4 Å². The van der Waals surface area contributed by atoms with Crippen LogP contribution in [0.3, 0.4) is 0 Å². The van der Waals surface area contributed by atoms with Gasteiger partial charge in [-0.25, -0.2) is 9.97 Å². The minimum atomic E-state index is -0.222. The molecule has 2 saturated heterocycles. The Balaban J connectivity index is 1.10. The SMILES string of the molecule is Cc1ccc(C(=O)NC2COC3C(Nc4nccc(-c5ccc(-c6ccccc6)cc5)n4)COC23)cc1. The number of carbonyl (C=O) groups is 1. The average Bonchev–Trinajstić information content (AvgIpc) is 3.53. The predicted molar refractivity (Wildman–Crippen MR) is 142 cm³/mol. The van der Waals surface area contributed by atoms with Crippen LogP contribution >= 0.6 is 0 Å². The van der Waals surface area contributed by atoms with Gasteiger partial charge in [-0.05, 0) is 36.2 Å². The van der Waals surface area contributed by atoms with Crippen LogP contribution in [0.5, 0.6) is 0 Å². The van der Waals surface area contributed by atoms with Crippen LogP contribution in [0.15, 0.2) is 91.1 Å². The largest absolute Gasteiger partial charge is 0.371 e. The van der Waals surface area contributed by atoms with Gasteiger partial charge in [0.1, 0.15) is 12.2 Å². The summed E-state index contributed by atoms with van der Waals surface area (Å²) in [5, 5.41) is 6.46. The molecule has 2 aliphatic rings. The molecule has 0 aliphatic carbocycles. The third-order valence-corrected chi connectivity index (χ3v) is 6.94. The molecule has 1 aromatic heterocycles. The normalized spacial score (nSPS) is 22.4. The van der Waals surface area contributed by atoms with Crippen molar-refractivity contribution in [3.05, 3.63) is 102 Å². The molecule has 7 heteroatoms. The number of hydrogen-bond donors (Lipinski definition) is 2. The Morgan fingerprint density at radius 1 is 0.784 bits per heavy atom.